The molecular formula is C22H34N2O6P2. The van der Waals surface area contributed by atoms with E-state index in [0.29, 0.717) is 6.42 Å². The fourth-order valence-electron chi connectivity index (χ4n) is 4.25. The van der Waals surface area contributed by atoms with E-state index in [1.807, 2.05) is 60.7 Å². The van der Waals surface area contributed by atoms with E-state index in [1.54, 1.807) is 27.7 Å². The van der Waals surface area contributed by atoms with Crippen LogP contribution in [-0.4, -0.2) is 43.0 Å². The van der Waals surface area contributed by atoms with Crippen LogP contribution in [0.5, 0.6) is 0 Å². The Morgan fingerprint density at radius 1 is 0.688 bits per heavy atom. The Kier molecular flexibility index (Phi) is 8.31. The van der Waals surface area contributed by atoms with Crippen LogP contribution in [0, 0.1) is 0 Å². The van der Waals surface area contributed by atoms with Crippen LogP contribution < -0.4 is 10.6 Å². The lowest BCUT2D eigenvalue weighted by molar-refractivity contribution is 0.146. The molecule has 0 amide bonds. The van der Waals surface area contributed by atoms with E-state index in [4.69, 9.17) is 0 Å². The number of hydrogen-bond donors (Lipinski definition) is 6. The molecule has 0 aliphatic carbocycles. The van der Waals surface area contributed by atoms with Crippen LogP contribution in [0.4, 0.5) is 0 Å². The minimum Gasteiger partial charge on any atom is -0.324 e. The van der Waals surface area contributed by atoms with Gasteiger partial charge in [0.15, 0.2) is 0 Å². The first-order valence-electron chi connectivity index (χ1n) is 10.3. The van der Waals surface area contributed by atoms with Crippen molar-refractivity contribution in [1.82, 2.24) is 10.6 Å². The van der Waals surface area contributed by atoms with E-state index >= 15 is 0 Å². The number of benzene rings is 2. The zero-order valence-corrected chi connectivity index (χ0v) is 20.7. The molecule has 0 fully saturated rings. The molecule has 0 aliphatic heterocycles. The summed E-state index contributed by atoms with van der Waals surface area (Å²) < 4.78 is 23.7. The standard InChI is InChI=1S/C22H34N2O6P2/c1-20(2,16-31(25,26)27)23-22(19-13-9-6-10-14-19,15-18-11-7-5-8-12-18)24-21(3,4)17-32(28,29)30/h5-14,23-24H,15-17H2,1-4H3,(H2,25,26,27)(H2,28,29,30). The van der Waals surface area contributed by atoms with Gasteiger partial charge in [0, 0.05) is 17.5 Å². The van der Waals surface area contributed by atoms with Gasteiger partial charge in [0.25, 0.3) is 0 Å². The summed E-state index contributed by atoms with van der Waals surface area (Å²) in [6.07, 6.45) is -0.457. The average Bonchev–Trinajstić information content (AvgIpc) is 2.58. The smallest absolute Gasteiger partial charge is 0.324 e. The van der Waals surface area contributed by atoms with Crippen molar-refractivity contribution in [2.45, 2.75) is 50.9 Å². The van der Waals surface area contributed by atoms with Crippen LogP contribution >= 0.6 is 15.2 Å². The van der Waals surface area contributed by atoms with Crippen LogP contribution in [0.1, 0.15) is 38.8 Å². The lowest BCUT2D eigenvalue weighted by Gasteiger charge is -2.47. The van der Waals surface area contributed by atoms with Crippen LogP contribution in [0.3, 0.4) is 0 Å². The fraction of sp³-hybridized carbons (Fsp3) is 0.455. The SMILES string of the molecule is CC(C)(CP(=O)(O)O)NC(Cc1ccccc1)(NC(C)(C)CP(=O)(O)O)c1ccccc1. The van der Waals surface area contributed by atoms with Crippen molar-refractivity contribution >= 4 is 15.2 Å². The summed E-state index contributed by atoms with van der Waals surface area (Å²) in [5.74, 6) is 0. The molecule has 0 heterocycles. The third-order valence-electron chi connectivity index (χ3n) is 4.88. The molecule has 0 aromatic heterocycles. The molecule has 32 heavy (non-hydrogen) atoms. The van der Waals surface area contributed by atoms with Gasteiger partial charge in [0.1, 0.15) is 0 Å². The highest BCUT2D eigenvalue weighted by Gasteiger charge is 2.44. The molecule has 0 radical (unpaired) electrons. The Balaban J connectivity index is 2.63. The van der Waals surface area contributed by atoms with Crippen molar-refractivity contribution in [3.63, 3.8) is 0 Å². The molecule has 2 rings (SSSR count). The molecule has 2 aromatic rings. The Hall–Kier alpha value is -1.34. The maximum Gasteiger partial charge on any atom is 0.327 e. The monoisotopic (exact) mass is 484 g/mol. The predicted octanol–water partition coefficient (Wildman–Crippen LogP) is 3.17. The van der Waals surface area contributed by atoms with Gasteiger partial charge in [-0.1, -0.05) is 60.7 Å². The second kappa shape index (κ2) is 9.88. The van der Waals surface area contributed by atoms with E-state index < -0.39 is 44.3 Å². The molecule has 0 bridgehead atoms. The topological polar surface area (TPSA) is 139 Å². The van der Waals surface area contributed by atoms with E-state index in [-0.39, 0.29) is 0 Å². The maximum atomic E-state index is 11.8. The van der Waals surface area contributed by atoms with Crippen molar-refractivity contribution in [1.29, 1.82) is 0 Å². The third-order valence-corrected chi connectivity index (χ3v) is 7.29. The van der Waals surface area contributed by atoms with E-state index in [9.17, 15) is 28.7 Å². The molecule has 10 heteroatoms. The largest absolute Gasteiger partial charge is 0.327 e. The number of rotatable bonds is 11. The van der Waals surface area contributed by atoms with E-state index in [2.05, 4.69) is 10.6 Å². The molecule has 0 aliphatic rings. The molecule has 6 N–H and O–H groups in total. The van der Waals surface area contributed by atoms with Crippen molar-refractivity contribution in [3.8, 4) is 0 Å². The average molecular weight is 484 g/mol. The molecule has 2 aromatic carbocycles. The lowest BCUT2D eigenvalue weighted by Crippen LogP contribution is -2.67. The van der Waals surface area contributed by atoms with Gasteiger partial charge in [-0.3, -0.25) is 19.8 Å². The summed E-state index contributed by atoms with van der Waals surface area (Å²) in [6.45, 7) is 6.80. The van der Waals surface area contributed by atoms with E-state index in [1.165, 1.54) is 0 Å². The van der Waals surface area contributed by atoms with Crippen LogP contribution in [0.15, 0.2) is 60.7 Å². The van der Waals surface area contributed by atoms with Gasteiger partial charge in [-0.05, 0) is 38.8 Å². The first kappa shape index (κ1) is 26.9. The van der Waals surface area contributed by atoms with Crippen LogP contribution in [-0.2, 0) is 21.2 Å². The summed E-state index contributed by atoms with van der Waals surface area (Å²) in [4.78, 5) is 38.6. The Labute approximate surface area is 189 Å². The Morgan fingerprint density at radius 2 is 1.06 bits per heavy atom. The van der Waals surface area contributed by atoms with Crippen LogP contribution in [0.2, 0.25) is 0 Å². The highest BCUT2D eigenvalue weighted by atomic mass is 31.2. The number of hydrogen-bond acceptors (Lipinski definition) is 4. The molecule has 8 nitrogen and oxygen atoms in total. The van der Waals surface area contributed by atoms with Gasteiger partial charge in [-0.15, -0.1) is 0 Å². The van der Waals surface area contributed by atoms with Crippen molar-refractivity contribution in [3.05, 3.63) is 71.8 Å². The molecule has 0 unspecified atom stereocenters. The second-order valence-electron chi connectivity index (χ2n) is 9.60. The minimum absolute atomic E-state index is 0.368. The summed E-state index contributed by atoms with van der Waals surface area (Å²) in [7, 11) is -8.69. The van der Waals surface area contributed by atoms with Gasteiger partial charge in [-0.25, -0.2) is 0 Å². The predicted molar refractivity (Wildman–Crippen MR) is 127 cm³/mol. The highest BCUT2D eigenvalue weighted by Crippen LogP contribution is 2.42. The maximum absolute atomic E-state index is 11.8. The lowest BCUT2D eigenvalue weighted by atomic mass is 9.86. The van der Waals surface area contributed by atoms with Gasteiger partial charge in [0.05, 0.1) is 18.0 Å². The minimum atomic E-state index is -4.35. The highest BCUT2D eigenvalue weighted by molar-refractivity contribution is 7.52. The molecule has 0 saturated heterocycles. The Morgan fingerprint density at radius 3 is 1.44 bits per heavy atom. The molecule has 0 saturated carbocycles. The summed E-state index contributed by atoms with van der Waals surface area (Å²) >= 11 is 0. The first-order valence-corrected chi connectivity index (χ1v) is 13.9. The fourth-order valence-corrected chi connectivity index (χ4v) is 6.47. The van der Waals surface area contributed by atoms with Crippen molar-refractivity contribution in [2.24, 2.45) is 0 Å². The van der Waals surface area contributed by atoms with E-state index in [0.717, 1.165) is 11.1 Å². The quantitative estimate of drug-likeness (QED) is 0.211. The van der Waals surface area contributed by atoms with Gasteiger partial charge in [-0.2, -0.15) is 0 Å². The van der Waals surface area contributed by atoms with Gasteiger partial charge < -0.3 is 19.6 Å². The summed E-state index contributed by atoms with van der Waals surface area (Å²) in [5, 5.41) is 6.83. The molecule has 178 valence electrons. The van der Waals surface area contributed by atoms with Crippen molar-refractivity contribution < 1.29 is 28.7 Å². The third kappa shape index (κ3) is 8.89. The zero-order chi connectivity index (χ0) is 24.3. The van der Waals surface area contributed by atoms with Gasteiger partial charge >= 0.3 is 15.2 Å². The first-order chi connectivity index (χ1) is 14.5. The Bertz CT molecular complexity index is 932. The molecule has 0 spiro atoms. The molecular weight excluding hydrogens is 450 g/mol. The van der Waals surface area contributed by atoms with Crippen molar-refractivity contribution in [2.75, 3.05) is 12.3 Å². The van der Waals surface area contributed by atoms with Gasteiger partial charge in [0.2, 0.25) is 0 Å². The normalized spacial score (nSPS) is 13.9. The summed E-state index contributed by atoms with van der Waals surface area (Å²) in [5.41, 5.74) is -1.40. The number of nitrogens with one attached hydrogen (secondary N) is 2. The molecule has 0 atom stereocenters. The summed E-state index contributed by atoms with van der Waals surface area (Å²) in [6, 6.07) is 18.9. The zero-order valence-electron chi connectivity index (χ0n) is 18.9. The second-order valence-corrected chi connectivity index (χ2v) is 12.9. The van der Waals surface area contributed by atoms with Crippen LogP contribution in [0.25, 0.3) is 0 Å².